The summed E-state index contributed by atoms with van der Waals surface area (Å²) in [5.41, 5.74) is 2.70. The van der Waals surface area contributed by atoms with E-state index in [1.165, 1.54) is 14.6 Å². The molecule has 0 spiro atoms. The van der Waals surface area contributed by atoms with Crippen LogP contribution in [-0.2, 0) is 17.1 Å². The number of fused-ring (bicyclic) bond motifs is 1. The Hall–Kier alpha value is -2.34. The molecule has 3 rings (SSSR count). The van der Waals surface area contributed by atoms with Crippen molar-refractivity contribution in [2.24, 2.45) is 7.05 Å². The first-order valence-electron chi connectivity index (χ1n) is 6.82. The van der Waals surface area contributed by atoms with E-state index in [0.717, 1.165) is 11.1 Å². The van der Waals surface area contributed by atoms with E-state index < -0.39 is 10.0 Å². The Bertz CT molecular complexity index is 1030. The summed E-state index contributed by atoms with van der Waals surface area (Å²) in [6.45, 7) is 3.70. The molecule has 0 fully saturated rings. The summed E-state index contributed by atoms with van der Waals surface area (Å²) in [7, 11) is -2.05. The zero-order valence-corrected chi connectivity index (χ0v) is 13.4. The molecule has 0 aliphatic carbocycles. The Morgan fingerprint density at radius 3 is 2.23 bits per heavy atom. The van der Waals surface area contributed by atoms with Crippen molar-refractivity contribution in [2.75, 3.05) is 0 Å². The van der Waals surface area contributed by atoms with Gasteiger partial charge < -0.3 is 4.57 Å². The summed E-state index contributed by atoms with van der Waals surface area (Å²) < 4.78 is 28.4. The van der Waals surface area contributed by atoms with E-state index in [-0.39, 0.29) is 10.5 Å². The topological polar surface area (TPSA) is 61.1 Å². The van der Waals surface area contributed by atoms with Crippen molar-refractivity contribution >= 4 is 21.1 Å². The minimum atomic E-state index is -3.69. The summed E-state index contributed by atoms with van der Waals surface area (Å²) in [6.07, 6.45) is 1.55. The van der Waals surface area contributed by atoms with E-state index in [1.54, 1.807) is 50.5 Å². The minimum absolute atomic E-state index is 0.166. The first-order chi connectivity index (χ1) is 10.3. The van der Waals surface area contributed by atoms with Crippen molar-refractivity contribution in [3.8, 4) is 0 Å². The Balaban J connectivity index is 2.33. The van der Waals surface area contributed by atoms with Gasteiger partial charge in [0.25, 0.3) is 15.6 Å². The fourth-order valence-corrected chi connectivity index (χ4v) is 4.01. The summed E-state index contributed by atoms with van der Waals surface area (Å²) in [6, 6.07) is 9.64. The number of hydrogen-bond donors (Lipinski definition) is 0. The molecule has 0 aliphatic rings. The number of aryl methyl sites for hydroxylation is 3. The van der Waals surface area contributed by atoms with E-state index in [2.05, 4.69) is 0 Å². The molecule has 2 aromatic heterocycles. The lowest BCUT2D eigenvalue weighted by Gasteiger charge is -2.08. The summed E-state index contributed by atoms with van der Waals surface area (Å²) in [5.74, 6) is 0. The van der Waals surface area contributed by atoms with Crippen molar-refractivity contribution in [1.29, 1.82) is 0 Å². The third-order valence-electron chi connectivity index (χ3n) is 3.79. The molecule has 0 aliphatic heterocycles. The molecule has 0 radical (unpaired) electrons. The van der Waals surface area contributed by atoms with Crippen molar-refractivity contribution in [3.63, 3.8) is 0 Å². The largest absolute Gasteiger partial charge is 0.310 e. The highest BCUT2D eigenvalue weighted by Crippen LogP contribution is 2.24. The van der Waals surface area contributed by atoms with Crippen LogP contribution >= 0.6 is 0 Å². The van der Waals surface area contributed by atoms with Gasteiger partial charge in [0, 0.05) is 19.3 Å². The maximum atomic E-state index is 12.8. The van der Waals surface area contributed by atoms with Crippen LogP contribution in [-0.4, -0.2) is 17.0 Å². The second kappa shape index (κ2) is 4.84. The average molecular weight is 316 g/mol. The molecule has 1 aromatic carbocycles. The molecule has 5 nitrogen and oxygen atoms in total. The summed E-state index contributed by atoms with van der Waals surface area (Å²) in [4.78, 5) is 12.0. The van der Waals surface area contributed by atoms with Crippen molar-refractivity contribution in [3.05, 3.63) is 64.1 Å². The lowest BCUT2D eigenvalue weighted by molar-refractivity contribution is 0.589. The van der Waals surface area contributed by atoms with Crippen LogP contribution < -0.4 is 5.56 Å². The predicted molar refractivity (Wildman–Crippen MR) is 85.7 cm³/mol. The first kappa shape index (κ1) is 14.6. The number of rotatable bonds is 2. The van der Waals surface area contributed by atoms with Crippen molar-refractivity contribution < 1.29 is 8.42 Å². The highest BCUT2D eigenvalue weighted by atomic mass is 32.2. The fraction of sp³-hybridized carbons (Fsp3) is 0.188. The van der Waals surface area contributed by atoms with Gasteiger partial charge >= 0.3 is 0 Å². The normalized spacial score (nSPS) is 12.0. The Morgan fingerprint density at radius 1 is 0.955 bits per heavy atom. The molecule has 6 heteroatoms. The molecule has 114 valence electrons. The van der Waals surface area contributed by atoms with Crippen LogP contribution in [0.25, 0.3) is 11.0 Å². The van der Waals surface area contributed by atoms with Crippen LogP contribution in [0.4, 0.5) is 0 Å². The van der Waals surface area contributed by atoms with Crippen LogP contribution in [0.2, 0.25) is 0 Å². The second-order valence-electron chi connectivity index (χ2n) is 5.39. The third-order valence-corrected chi connectivity index (χ3v) is 5.48. The van der Waals surface area contributed by atoms with E-state index in [1.807, 2.05) is 6.92 Å². The standard InChI is InChI=1S/C16H16N2O3S/c1-11-4-6-13(7-5-11)22(20,21)18-10-12(2)16-14(18)8-9-15(19)17(16)3/h4-10H,1-3H3. The monoisotopic (exact) mass is 316 g/mol. The third kappa shape index (κ3) is 2.07. The maximum absolute atomic E-state index is 12.8. The van der Waals surface area contributed by atoms with E-state index in [4.69, 9.17) is 0 Å². The van der Waals surface area contributed by atoms with Crippen molar-refractivity contribution in [1.82, 2.24) is 8.54 Å². The molecule has 0 saturated heterocycles. The molecule has 2 heterocycles. The van der Waals surface area contributed by atoms with Gasteiger partial charge in [0.2, 0.25) is 0 Å². The van der Waals surface area contributed by atoms with Crippen LogP contribution in [0.1, 0.15) is 11.1 Å². The lowest BCUT2D eigenvalue weighted by atomic mass is 10.2. The molecular formula is C16H16N2O3S. The van der Waals surface area contributed by atoms with Gasteiger partial charge in [-0.25, -0.2) is 12.4 Å². The Morgan fingerprint density at radius 2 is 1.59 bits per heavy atom. The Kier molecular flexibility index (Phi) is 3.21. The lowest BCUT2D eigenvalue weighted by Crippen LogP contribution is -2.17. The van der Waals surface area contributed by atoms with Crippen LogP contribution in [0.15, 0.2) is 52.3 Å². The Labute approximate surface area is 128 Å². The zero-order chi connectivity index (χ0) is 16.1. The zero-order valence-electron chi connectivity index (χ0n) is 12.6. The number of pyridine rings is 1. The fourth-order valence-electron chi connectivity index (χ4n) is 2.60. The van der Waals surface area contributed by atoms with Crippen LogP contribution in [0.5, 0.6) is 0 Å². The SMILES string of the molecule is Cc1ccc(S(=O)(=O)n2cc(C)c3c2ccc(=O)n3C)cc1. The maximum Gasteiger partial charge on any atom is 0.268 e. The van der Waals surface area contributed by atoms with Gasteiger partial charge in [0.05, 0.1) is 15.9 Å². The summed E-state index contributed by atoms with van der Waals surface area (Å²) in [5, 5.41) is 0. The van der Waals surface area contributed by atoms with Gasteiger partial charge in [0.15, 0.2) is 0 Å². The van der Waals surface area contributed by atoms with Gasteiger partial charge in [-0.1, -0.05) is 17.7 Å². The van der Waals surface area contributed by atoms with Gasteiger partial charge in [-0.15, -0.1) is 0 Å². The highest BCUT2D eigenvalue weighted by molar-refractivity contribution is 7.90. The average Bonchev–Trinajstić information content (AvgIpc) is 2.82. The molecule has 0 unspecified atom stereocenters. The number of hydrogen-bond acceptors (Lipinski definition) is 3. The molecular weight excluding hydrogens is 300 g/mol. The van der Waals surface area contributed by atoms with E-state index >= 15 is 0 Å². The van der Waals surface area contributed by atoms with Crippen LogP contribution in [0, 0.1) is 13.8 Å². The molecule has 3 aromatic rings. The number of nitrogens with zero attached hydrogens (tertiary/aromatic N) is 2. The minimum Gasteiger partial charge on any atom is -0.310 e. The number of benzene rings is 1. The second-order valence-corrected chi connectivity index (χ2v) is 7.21. The van der Waals surface area contributed by atoms with Crippen LogP contribution in [0.3, 0.4) is 0 Å². The predicted octanol–water partition coefficient (Wildman–Crippen LogP) is 2.19. The molecule has 22 heavy (non-hydrogen) atoms. The molecule has 0 N–H and O–H groups in total. The molecule has 0 amide bonds. The first-order valence-corrected chi connectivity index (χ1v) is 8.26. The van der Waals surface area contributed by atoms with E-state index in [9.17, 15) is 13.2 Å². The van der Waals surface area contributed by atoms with Crippen molar-refractivity contribution in [2.45, 2.75) is 18.7 Å². The molecule has 0 saturated carbocycles. The van der Waals surface area contributed by atoms with Gasteiger partial charge in [-0.3, -0.25) is 4.79 Å². The summed E-state index contributed by atoms with van der Waals surface area (Å²) >= 11 is 0. The highest BCUT2D eigenvalue weighted by Gasteiger charge is 2.21. The van der Waals surface area contributed by atoms with Gasteiger partial charge in [-0.2, -0.15) is 0 Å². The molecule has 0 atom stereocenters. The number of aromatic nitrogens is 2. The van der Waals surface area contributed by atoms with Gasteiger partial charge in [0.1, 0.15) is 0 Å². The van der Waals surface area contributed by atoms with E-state index in [0.29, 0.717) is 11.0 Å². The smallest absolute Gasteiger partial charge is 0.268 e. The quantitative estimate of drug-likeness (QED) is 0.728. The van der Waals surface area contributed by atoms with Gasteiger partial charge in [-0.05, 0) is 37.6 Å². The molecule has 0 bridgehead atoms.